The molecule has 3 aliphatic carbocycles. The molecule has 1 aliphatic heterocycles. The summed E-state index contributed by atoms with van der Waals surface area (Å²) in [5, 5.41) is 0. The van der Waals surface area contributed by atoms with Crippen LogP contribution < -0.4 is 0 Å². The fourth-order valence-electron chi connectivity index (χ4n) is 7.20. The van der Waals surface area contributed by atoms with Gasteiger partial charge in [-0.1, -0.05) is 36.8 Å². The summed E-state index contributed by atoms with van der Waals surface area (Å²) < 4.78 is 12.3. The van der Waals surface area contributed by atoms with Crippen molar-refractivity contribution in [3.63, 3.8) is 0 Å². The molecule has 146 valence electrons. The van der Waals surface area contributed by atoms with Gasteiger partial charge in [-0.25, -0.2) is 0 Å². The van der Waals surface area contributed by atoms with Gasteiger partial charge in [0.1, 0.15) is 0 Å². The number of hydrogen-bond donors (Lipinski definition) is 0. The second kappa shape index (κ2) is 7.04. The molecule has 4 aliphatic rings. The van der Waals surface area contributed by atoms with Crippen molar-refractivity contribution in [3.8, 4) is 0 Å². The minimum absolute atomic E-state index is 0.0406. The molecule has 0 bridgehead atoms. The Morgan fingerprint density at radius 1 is 1.07 bits per heavy atom. The Labute approximate surface area is 164 Å². The van der Waals surface area contributed by atoms with E-state index in [2.05, 4.69) is 36.9 Å². The number of hydrogen-bond acceptors (Lipinski definition) is 2. The smallest absolute Gasteiger partial charge is 0.157 e. The molecule has 0 aromatic heterocycles. The number of aryl methyl sites for hydroxylation is 1. The molecule has 2 heteroatoms. The van der Waals surface area contributed by atoms with E-state index in [-0.39, 0.29) is 11.7 Å². The number of allylic oxidation sites excluding steroid dienone is 1. The van der Waals surface area contributed by atoms with Crippen molar-refractivity contribution in [3.05, 3.63) is 48.0 Å². The van der Waals surface area contributed by atoms with Crippen molar-refractivity contribution < 1.29 is 9.47 Å². The predicted molar refractivity (Wildman–Crippen MR) is 109 cm³/mol. The molecular formula is C25H34O2. The van der Waals surface area contributed by atoms with Gasteiger partial charge in [0, 0.05) is 6.61 Å². The Balaban J connectivity index is 1.43. The molecule has 0 amide bonds. The van der Waals surface area contributed by atoms with E-state index in [0.717, 1.165) is 25.6 Å². The molecule has 2 nitrogen and oxygen atoms in total. The monoisotopic (exact) mass is 366 g/mol. The molecular weight excluding hydrogens is 332 g/mol. The third-order valence-corrected chi connectivity index (χ3v) is 8.47. The zero-order chi connectivity index (χ0) is 18.3. The summed E-state index contributed by atoms with van der Waals surface area (Å²) in [7, 11) is 0. The normalized spacial score (nSPS) is 40.7. The van der Waals surface area contributed by atoms with Crippen LogP contribution >= 0.6 is 0 Å². The largest absolute Gasteiger partial charge is 0.353 e. The number of ether oxygens (including phenoxy) is 2. The Kier molecular flexibility index (Phi) is 4.68. The van der Waals surface area contributed by atoms with Crippen LogP contribution in [-0.4, -0.2) is 19.5 Å². The molecule has 0 N–H and O–H groups in total. The Bertz CT molecular complexity index is 691. The van der Waals surface area contributed by atoms with Crippen LogP contribution in [0.15, 0.2) is 36.9 Å². The highest BCUT2D eigenvalue weighted by Gasteiger charge is 2.59. The van der Waals surface area contributed by atoms with Crippen molar-refractivity contribution in [2.75, 3.05) is 13.2 Å². The van der Waals surface area contributed by atoms with Gasteiger partial charge in [0.15, 0.2) is 6.29 Å². The maximum Gasteiger partial charge on any atom is 0.157 e. The molecule has 2 saturated carbocycles. The molecule has 0 spiro atoms. The Morgan fingerprint density at radius 3 is 2.85 bits per heavy atom. The quantitative estimate of drug-likeness (QED) is 0.607. The lowest BCUT2D eigenvalue weighted by molar-refractivity contribution is -0.192. The zero-order valence-corrected chi connectivity index (χ0v) is 16.6. The third-order valence-electron chi connectivity index (χ3n) is 8.47. The van der Waals surface area contributed by atoms with Crippen molar-refractivity contribution >= 4 is 0 Å². The molecule has 1 heterocycles. The molecule has 27 heavy (non-hydrogen) atoms. The summed E-state index contributed by atoms with van der Waals surface area (Å²) in [5.74, 6) is 1.38. The van der Waals surface area contributed by atoms with Crippen LogP contribution in [-0.2, 0) is 15.9 Å². The highest BCUT2D eigenvalue weighted by Crippen LogP contribution is 2.67. The molecule has 0 radical (unpaired) electrons. The lowest BCUT2D eigenvalue weighted by Crippen LogP contribution is -2.51. The highest BCUT2D eigenvalue weighted by atomic mass is 16.7. The Morgan fingerprint density at radius 2 is 2.00 bits per heavy atom. The molecule has 1 unspecified atom stereocenters. The second-order valence-electron chi connectivity index (χ2n) is 9.52. The molecule has 3 fully saturated rings. The van der Waals surface area contributed by atoms with Gasteiger partial charge in [0.25, 0.3) is 0 Å². The van der Waals surface area contributed by atoms with Crippen LogP contribution in [0.25, 0.3) is 0 Å². The number of rotatable bonds is 4. The van der Waals surface area contributed by atoms with Gasteiger partial charge in [0.05, 0.1) is 6.61 Å². The molecule has 1 saturated heterocycles. The van der Waals surface area contributed by atoms with Gasteiger partial charge in [-0.2, -0.15) is 0 Å². The lowest BCUT2D eigenvalue weighted by Gasteiger charge is -2.57. The van der Waals surface area contributed by atoms with Crippen LogP contribution in [0.1, 0.15) is 74.8 Å². The first-order chi connectivity index (χ1) is 13.3. The van der Waals surface area contributed by atoms with Crippen LogP contribution in [0, 0.1) is 16.7 Å². The minimum Gasteiger partial charge on any atom is -0.353 e. The Hall–Kier alpha value is -1.12. The van der Waals surface area contributed by atoms with E-state index in [9.17, 15) is 0 Å². The van der Waals surface area contributed by atoms with Gasteiger partial charge in [0.2, 0.25) is 0 Å². The van der Waals surface area contributed by atoms with Gasteiger partial charge < -0.3 is 9.47 Å². The molecule has 1 aromatic rings. The standard InChI is InChI=1S/C25H34O2/c1-2-25-16-12-19-8-3-4-9-20(19)21(25)13-15-24(14-7-10-22(24)25)18-27-23-11-5-6-17-26-23/h2-4,8-9,21-23H,1,5-7,10-18H2/t21-,22-,23?,24+,25-/m1/s1. The van der Waals surface area contributed by atoms with Gasteiger partial charge in [-0.05, 0) is 91.6 Å². The summed E-state index contributed by atoms with van der Waals surface area (Å²) in [6, 6.07) is 9.19. The first kappa shape index (κ1) is 17.9. The lowest BCUT2D eigenvalue weighted by atomic mass is 9.47. The van der Waals surface area contributed by atoms with E-state index in [4.69, 9.17) is 9.47 Å². The SMILES string of the molecule is C=C[C@@]12CCc3ccccc3[C@H]1CC[C@]1(COC3CCCCO3)CCC[C@H]12. The maximum absolute atomic E-state index is 6.41. The zero-order valence-electron chi connectivity index (χ0n) is 16.6. The first-order valence-corrected chi connectivity index (χ1v) is 11.2. The van der Waals surface area contributed by atoms with Crippen molar-refractivity contribution in [2.24, 2.45) is 16.7 Å². The van der Waals surface area contributed by atoms with E-state index < -0.39 is 0 Å². The van der Waals surface area contributed by atoms with E-state index in [1.54, 1.807) is 11.1 Å². The fourth-order valence-corrected chi connectivity index (χ4v) is 7.20. The third kappa shape index (κ3) is 2.83. The summed E-state index contributed by atoms with van der Waals surface area (Å²) in [5.41, 5.74) is 3.80. The van der Waals surface area contributed by atoms with Crippen molar-refractivity contribution in [1.29, 1.82) is 0 Å². The number of benzene rings is 1. The summed E-state index contributed by atoms with van der Waals surface area (Å²) in [6.45, 7) is 6.18. The van der Waals surface area contributed by atoms with Crippen molar-refractivity contribution in [1.82, 2.24) is 0 Å². The molecule has 5 atom stereocenters. The minimum atomic E-state index is 0.0406. The second-order valence-corrected chi connectivity index (χ2v) is 9.52. The molecule has 5 rings (SSSR count). The van der Waals surface area contributed by atoms with Crippen LogP contribution in [0.3, 0.4) is 0 Å². The summed E-state index contributed by atoms with van der Waals surface area (Å²) in [6.07, 6.45) is 15.0. The maximum atomic E-state index is 6.41. The average molecular weight is 367 g/mol. The van der Waals surface area contributed by atoms with Crippen molar-refractivity contribution in [2.45, 2.75) is 76.4 Å². The first-order valence-electron chi connectivity index (χ1n) is 11.2. The topological polar surface area (TPSA) is 18.5 Å². The van der Waals surface area contributed by atoms with Crippen LogP contribution in [0.5, 0.6) is 0 Å². The average Bonchev–Trinajstić information content (AvgIpc) is 3.18. The highest BCUT2D eigenvalue weighted by molar-refractivity contribution is 5.38. The number of fused-ring (bicyclic) bond motifs is 5. The fraction of sp³-hybridized carbons (Fsp3) is 0.680. The van der Waals surface area contributed by atoms with Crippen LogP contribution in [0.4, 0.5) is 0 Å². The van der Waals surface area contributed by atoms with E-state index in [1.165, 1.54) is 57.8 Å². The predicted octanol–water partition coefficient (Wildman–Crippen LogP) is 6.01. The van der Waals surface area contributed by atoms with Gasteiger partial charge in [-0.3, -0.25) is 0 Å². The summed E-state index contributed by atoms with van der Waals surface area (Å²) in [4.78, 5) is 0. The van der Waals surface area contributed by atoms with E-state index in [0.29, 0.717) is 11.3 Å². The van der Waals surface area contributed by atoms with Crippen LogP contribution in [0.2, 0.25) is 0 Å². The summed E-state index contributed by atoms with van der Waals surface area (Å²) >= 11 is 0. The molecule has 1 aromatic carbocycles. The van der Waals surface area contributed by atoms with E-state index >= 15 is 0 Å². The van der Waals surface area contributed by atoms with Gasteiger partial charge >= 0.3 is 0 Å². The van der Waals surface area contributed by atoms with Gasteiger partial charge in [-0.15, -0.1) is 6.58 Å². The van der Waals surface area contributed by atoms with E-state index in [1.807, 2.05) is 0 Å².